The third kappa shape index (κ3) is 7.88. The molecule has 19 heavy (non-hydrogen) atoms. The summed E-state index contributed by atoms with van der Waals surface area (Å²) in [4.78, 5) is 0. The molecule has 0 aliphatic heterocycles. The van der Waals surface area contributed by atoms with Crippen LogP contribution in [0.2, 0.25) is 0 Å². The molecule has 0 saturated heterocycles. The van der Waals surface area contributed by atoms with Gasteiger partial charge in [-0.15, -0.1) is 13.3 Å². The predicted octanol–water partition coefficient (Wildman–Crippen LogP) is 5.77. The average Bonchev–Trinajstić information content (AvgIpc) is 2.76. The first kappa shape index (κ1) is 27.2. The Morgan fingerprint density at radius 2 is 1.58 bits per heavy atom. The van der Waals surface area contributed by atoms with Gasteiger partial charge in [0.05, 0.1) is 0 Å². The van der Waals surface area contributed by atoms with E-state index in [9.17, 15) is 0 Å². The van der Waals surface area contributed by atoms with E-state index in [0.29, 0.717) is 0 Å². The Morgan fingerprint density at radius 1 is 1.05 bits per heavy atom. The van der Waals surface area contributed by atoms with Crippen LogP contribution >= 0.6 is 0 Å². The Kier molecular flexibility index (Phi) is 16.7. The van der Waals surface area contributed by atoms with E-state index in [-0.39, 0.29) is 53.9 Å². The fourth-order valence-electron chi connectivity index (χ4n) is 1.75. The molecule has 2 rings (SSSR count). The number of rotatable bonds is 0. The summed E-state index contributed by atoms with van der Waals surface area (Å²) in [5.41, 5.74) is 4.39. The summed E-state index contributed by atoms with van der Waals surface area (Å²) >= 11 is 0. The molecular formula is C18H29Zr-5. The summed E-state index contributed by atoms with van der Waals surface area (Å²) in [6.07, 6.45) is 13.4. The van der Waals surface area contributed by atoms with E-state index in [1.54, 1.807) is 0 Å². The van der Waals surface area contributed by atoms with Crippen molar-refractivity contribution in [1.29, 1.82) is 0 Å². The van der Waals surface area contributed by atoms with Crippen LogP contribution in [0.25, 0.3) is 0 Å². The van der Waals surface area contributed by atoms with Gasteiger partial charge in [0, 0.05) is 26.2 Å². The number of hydrogen-bond acceptors (Lipinski definition) is 0. The molecule has 0 aromatic heterocycles. The topological polar surface area (TPSA) is 0 Å². The van der Waals surface area contributed by atoms with Crippen LogP contribution in [-0.4, -0.2) is 0 Å². The fourth-order valence-corrected chi connectivity index (χ4v) is 1.75. The molecule has 0 heterocycles. The summed E-state index contributed by atoms with van der Waals surface area (Å²) in [7, 11) is 0. The van der Waals surface area contributed by atoms with E-state index in [1.165, 1.54) is 16.7 Å². The summed E-state index contributed by atoms with van der Waals surface area (Å²) in [6.45, 7) is 10.9. The van der Waals surface area contributed by atoms with Crippen LogP contribution in [0.1, 0.15) is 41.0 Å². The second-order valence-electron chi connectivity index (χ2n) is 4.63. The third-order valence-corrected chi connectivity index (χ3v) is 3.15. The molecule has 0 atom stereocenters. The van der Waals surface area contributed by atoms with Crippen molar-refractivity contribution >= 4 is 0 Å². The molecule has 0 nitrogen and oxygen atoms in total. The van der Waals surface area contributed by atoms with Crippen molar-refractivity contribution in [3.63, 3.8) is 0 Å². The van der Waals surface area contributed by atoms with E-state index in [1.807, 2.05) is 12.2 Å². The minimum atomic E-state index is 0. The molecule has 0 aromatic carbocycles. The standard InChI is InChI=1S/C10H15.C5H5.3CH3.Zr/c1-7-6-10(4,5)9(3)8(7)2;1-2-4-5-3-1;;;;/h1-5H3;1-3H,4H2;3*1H3;/q5*-1;. The van der Waals surface area contributed by atoms with Gasteiger partial charge in [0.1, 0.15) is 0 Å². The van der Waals surface area contributed by atoms with Crippen LogP contribution < -0.4 is 0 Å². The quantitative estimate of drug-likeness (QED) is 0.493. The number of allylic oxidation sites excluding steroid dienone is 8. The zero-order valence-electron chi connectivity index (χ0n) is 13.9. The van der Waals surface area contributed by atoms with Crippen LogP contribution in [0.5, 0.6) is 0 Å². The molecule has 1 heteroatoms. The molecule has 0 N–H and O–H groups in total. The van der Waals surface area contributed by atoms with E-state index in [2.05, 4.69) is 52.8 Å². The fraction of sp³-hybridized carbons (Fsp3) is 0.389. The van der Waals surface area contributed by atoms with Gasteiger partial charge in [0.2, 0.25) is 0 Å². The second-order valence-corrected chi connectivity index (χ2v) is 4.63. The molecule has 0 amide bonds. The predicted molar refractivity (Wildman–Crippen MR) is 85.4 cm³/mol. The van der Waals surface area contributed by atoms with Gasteiger partial charge in [0.25, 0.3) is 0 Å². The van der Waals surface area contributed by atoms with Gasteiger partial charge in [-0.2, -0.15) is 17.2 Å². The van der Waals surface area contributed by atoms with E-state index in [0.717, 1.165) is 6.42 Å². The van der Waals surface area contributed by atoms with E-state index in [4.69, 9.17) is 0 Å². The summed E-state index contributed by atoms with van der Waals surface area (Å²) in [6, 6.07) is 0. The SMILES string of the molecule is CC1=[C-]C(C)(C)C(C)=C1C.[C-]1=CC=CC1.[CH3-].[CH3-].[CH3-].[Zr]. The van der Waals surface area contributed by atoms with Crippen molar-refractivity contribution < 1.29 is 26.2 Å². The van der Waals surface area contributed by atoms with Crippen LogP contribution in [0, 0.1) is 39.8 Å². The van der Waals surface area contributed by atoms with Crippen molar-refractivity contribution in [1.82, 2.24) is 0 Å². The van der Waals surface area contributed by atoms with Gasteiger partial charge in [-0.3, -0.25) is 12.2 Å². The largest absolute Gasteiger partial charge is 0.358 e. The van der Waals surface area contributed by atoms with Crippen molar-refractivity contribution in [2.75, 3.05) is 0 Å². The van der Waals surface area contributed by atoms with Crippen molar-refractivity contribution in [2.24, 2.45) is 5.41 Å². The molecule has 110 valence electrons. The maximum absolute atomic E-state index is 3.44. The Bertz CT molecular complexity index is 342. The minimum Gasteiger partial charge on any atom is -0.358 e. The zero-order chi connectivity index (χ0) is 11.5. The molecular weight excluding hydrogens is 307 g/mol. The van der Waals surface area contributed by atoms with Crippen LogP contribution in [0.15, 0.2) is 34.9 Å². The van der Waals surface area contributed by atoms with Crippen LogP contribution in [0.4, 0.5) is 0 Å². The molecule has 0 spiro atoms. The van der Waals surface area contributed by atoms with Gasteiger partial charge in [-0.25, -0.2) is 17.7 Å². The second kappa shape index (κ2) is 11.7. The molecule has 0 radical (unpaired) electrons. The normalized spacial score (nSPS) is 17.0. The van der Waals surface area contributed by atoms with Crippen LogP contribution in [-0.2, 0) is 26.2 Å². The third-order valence-electron chi connectivity index (χ3n) is 3.15. The van der Waals surface area contributed by atoms with Gasteiger partial charge in [-0.1, -0.05) is 33.1 Å². The van der Waals surface area contributed by atoms with Gasteiger partial charge < -0.3 is 22.3 Å². The molecule has 0 bridgehead atoms. The first-order chi connectivity index (χ1) is 6.95. The number of hydrogen-bond donors (Lipinski definition) is 0. The first-order valence-corrected chi connectivity index (χ1v) is 5.47. The van der Waals surface area contributed by atoms with Gasteiger partial charge >= 0.3 is 0 Å². The molecule has 0 aromatic rings. The van der Waals surface area contributed by atoms with Crippen LogP contribution in [0.3, 0.4) is 0 Å². The zero-order valence-corrected chi connectivity index (χ0v) is 16.4. The van der Waals surface area contributed by atoms with Crippen molar-refractivity contribution in [3.8, 4) is 0 Å². The first-order valence-electron chi connectivity index (χ1n) is 5.47. The molecule has 2 aliphatic carbocycles. The van der Waals surface area contributed by atoms with Crippen molar-refractivity contribution in [2.45, 2.75) is 41.0 Å². The Labute approximate surface area is 141 Å². The Balaban J connectivity index is -0.000000110. The Morgan fingerprint density at radius 3 is 1.68 bits per heavy atom. The molecule has 0 saturated carbocycles. The maximum Gasteiger partial charge on any atom is 0 e. The van der Waals surface area contributed by atoms with Gasteiger partial charge in [0.15, 0.2) is 0 Å². The molecule has 0 fully saturated rings. The van der Waals surface area contributed by atoms with E-state index < -0.39 is 0 Å². The van der Waals surface area contributed by atoms with Crippen molar-refractivity contribution in [3.05, 3.63) is 69.4 Å². The Hall–Kier alpha value is -0.157. The summed E-state index contributed by atoms with van der Waals surface area (Å²) < 4.78 is 0. The average molecular weight is 337 g/mol. The summed E-state index contributed by atoms with van der Waals surface area (Å²) in [5.74, 6) is 0. The monoisotopic (exact) mass is 335 g/mol. The van der Waals surface area contributed by atoms with Gasteiger partial charge in [-0.05, 0) is 0 Å². The molecule has 2 aliphatic rings. The summed E-state index contributed by atoms with van der Waals surface area (Å²) in [5, 5.41) is 0. The minimum absolute atomic E-state index is 0. The molecule has 0 unspecified atom stereocenters. The smallest absolute Gasteiger partial charge is 0 e. The van der Waals surface area contributed by atoms with E-state index >= 15 is 0 Å². The maximum atomic E-state index is 3.44.